The zero-order valence-corrected chi connectivity index (χ0v) is 29.1. The number of carbonyl (C=O) groups excluding carboxylic acids is 3. The number of ether oxygens (including phenoxy) is 2. The van der Waals surface area contributed by atoms with Crippen LogP contribution in [0.15, 0.2) is 120 Å². The van der Waals surface area contributed by atoms with Crippen molar-refractivity contribution in [3.8, 4) is 11.5 Å². The molecule has 0 unspecified atom stereocenters. The van der Waals surface area contributed by atoms with Gasteiger partial charge in [0.15, 0.2) is 23.3 Å². The molecule has 48 heavy (non-hydrogen) atoms. The number of nitrogens with zero attached hydrogens (tertiary/aromatic N) is 2. The number of hydrogen-bond acceptors (Lipinski definition) is 7. The van der Waals surface area contributed by atoms with E-state index in [1.165, 1.54) is 24.2 Å². The fourth-order valence-corrected chi connectivity index (χ4v) is 6.25. The fourth-order valence-electron chi connectivity index (χ4n) is 4.66. The fraction of sp³-hybridized carbons (Fsp3) is 0.139. The molecule has 0 fully saturated rings. The summed E-state index contributed by atoms with van der Waals surface area (Å²) in [6.45, 7) is 4.86. The van der Waals surface area contributed by atoms with E-state index in [0.717, 1.165) is 22.9 Å². The topological polar surface area (TPSA) is 135 Å². The summed E-state index contributed by atoms with van der Waals surface area (Å²) in [4.78, 5) is 57.3. The van der Waals surface area contributed by atoms with E-state index in [-0.39, 0.29) is 33.9 Å². The molecular formula is C36H32IN3O7S. The molecule has 2 N–H and O–H groups in total. The number of thioether (sulfide) groups is 1. The first kappa shape index (κ1) is 35.9. The number of rotatable bonds is 13. The predicted octanol–water partition coefficient (Wildman–Crippen LogP) is 6.16. The molecule has 1 aliphatic heterocycles. The molecule has 3 aromatic carbocycles. The number of benzene rings is 3. The number of aliphatic imine (C=N–C) groups is 1. The molecule has 12 heteroatoms. The van der Waals surface area contributed by atoms with Gasteiger partial charge in [0.1, 0.15) is 5.57 Å². The summed E-state index contributed by atoms with van der Waals surface area (Å²) < 4.78 is 11.3. The van der Waals surface area contributed by atoms with E-state index in [9.17, 15) is 19.2 Å². The van der Waals surface area contributed by atoms with Crippen LogP contribution in [0.2, 0.25) is 0 Å². The second kappa shape index (κ2) is 17.3. The molecule has 0 spiro atoms. The van der Waals surface area contributed by atoms with Gasteiger partial charge in [-0.2, -0.15) is 4.99 Å². The van der Waals surface area contributed by atoms with Crippen LogP contribution in [0.1, 0.15) is 29.7 Å². The van der Waals surface area contributed by atoms with Crippen molar-refractivity contribution in [3.05, 3.63) is 135 Å². The summed E-state index contributed by atoms with van der Waals surface area (Å²) in [5.74, 6) is -2.59. The highest BCUT2D eigenvalue weighted by atomic mass is 127. The molecule has 0 atom stereocenters. The van der Waals surface area contributed by atoms with Gasteiger partial charge in [0.2, 0.25) is 5.91 Å². The molecule has 3 amide bonds. The van der Waals surface area contributed by atoms with Gasteiger partial charge in [-0.05, 0) is 70.5 Å². The quantitative estimate of drug-likeness (QED) is 0.0914. The SMILES string of the molecule is C=C/C=C\C(=C/C)N1C(=O)/C(=C/c2cc(I)c(OCC(=O)O)c(OC)c2)C(=O)N=C1SCC(=O)NC(c1ccccc1)c1ccccc1. The lowest BCUT2D eigenvalue weighted by atomic mass is 9.99. The first-order valence-electron chi connectivity index (χ1n) is 14.6. The van der Waals surface area contributed by atoms with Crippen molar-refractivity contribution in [3.63, 3.8) is 0 Å². The highest BCUT2D eigenvalue weighted by Crippen LogP contribution is 2.35. The Bertz CT molecular complexity index is 1780. The Morgan fingerprint density at radius 1 is 1.08 bits per heavy atom. The Kier molecular flexibility index (Phi) is 12.9. The normalized spacial score (nSPS) is 14.3. The third kappa shape index (κ3) is 9.10. The lowest BCUT2D eigenvalue weighted by molar-refractivity contribution is -0.139. The minimum Gasteiger partial charge on any atom is -0.493 e. The van der Waals surface area contributed by atoms with Crippen molar-refractivity contribution in [2.24, 2.45) is 4.99 Å². The summed E-state index contributed by atoms with van der Waals surface area (Å²) in [7, 11) is 1.39. The molecule has 0 saturated heterocycles. The number of aliphatic carboxylic acids is 1. The first-order chi connectivity index (χ1) is 23.2. The number of hydrogen-bond donors (Lipinski definition) is 2. The van der Waals surface area contributed by atoms with Gasteiger partial charge in [-0.15, -0.1) is 0 Å². The van der Waals surface area contributed by atoms with E-state index in [1.807, 2.05) is 83.3 Å². The van der Waals surface area contributed by atoms with Crippen molar-refractivity contribution >= 4 is 69.3 Å². The molecule has 0 saturated carbocycles. The van der Waals surface area contributed by atoms with Gasteiger partial charge >= 0.3 is 5.97 Å². The van der Waals surface area contributed by atoms with Gasteiger partial charge in [0.05, 0.1) is 22.5 Å². The number of carboxylic acids is 1. The first-order valence-corrected chi connectivity index (χ1v) is 16.6. The second-order valence-corrected chi connectivity index (χ2v) is 12.1. The second-order valence-electron chi connectivity index (χ2n) is 10.0. The number of halogens is 1. The van der Waals surface area contributed by atoms with Crippen molar-refractivity contribution in [1.29, 1.82) is 0 Å². The smallest absolute Gasteiger partial charge is 0.341 e. The number of allylic oxidation sites excluding steroid dienone is 4. The van der Waals surface area contributed by atoms with Crippen LogP contribution in [0, 0.1) is 3.57 Å². The molecule has 0 aromatic heterocycles. The van der Waals surface area contributed by atoms with E-state index < -0.39 is 30.4 Å². The van der Waals surface area contributed by atoms with Crippen LogP contribution >= 0.6 is 34.4 Å². The van der Waals surface area contributed by atoms with Crippen LogP contribution in [0.5, 0.6) is 11.5 Å². The number of amides is 3. The van der Waals surface area contributed by atoms with Crippen LogP contribution in [-0.2, 0) is 19.2 Å². The highest BCUT2D eigenvalue weighted by Gasteiger charge is 2.35. The van der Waals surface area contributed by atoms with E-state index in [0.29, 0.717) is 14.8 Å². The summed E-state index contributed by atoms with van der Waals surface area (Å²) in [6.07, 6.45) is 7.91. The maximum Gasteiger partial charge on any atom is 0.341 e. The number of nitrogens with one attached hydrogen (secondary N) is 1. The summed E-state index contributed by atoms with van der Waals surface area (Å²) in [5.41, 5.74) is 2.42. The zero-order valence-electron chi connectivity index (χ0n) is 26.1. The maximum absolute atomic E-state index is 14.0. The zero-order chi connectivity index (χ0) is 34.6. The molecule has 246 valence electrons. The van der Waals surface area contributed by atoms with Crippen LogP contribution in [-0.4, -0.2) is 58.3 Å². The van der Waals surface area contributed by atoms with Gasteiger partial charge in [-0.3, -0.25) is 19.3 Å². The van der Waals surface area contributed by atoms with E-state index in [4.69, 9.17) is 14.6 Å². The van der Waals surface area contributed by atoms with Gasteiger partial charge in [-0.25, -0.2) is 4.79 Å². The van der Waals surface area contributed by atoms with E-state index >= 15 is 0 Å². The summed E-state index contributed by atoms with van der Waals surface area (Å²) in [6, 6.07) is 21.9. The van der Waals surface area contributed by atoms with E-state index in [1.54, 1.807) is 37.3 Å². The van der Waals surface area contributed by atoms with E-state index in [2.05, 4.69) is 16.9 Å². The van der Waals surface area contributed by atoms with Crippen molar-refractivity contribution in [1.82, 2.24) is 10.2 Å². The molecule has 1 heterocycles. The summed E-state index contributed by atoms with van der Waals surface area (Å²) in [5, 5.41) is 12.1. The van der Waals surface area contributed by atoms with Gasteiger partial charge in [0.25, 0.3) is 11.8 Å². The number of methoxy groups -OCH3 is 1. The molecule has 0 radical (unpaired) electrons. The maximum atomic E-state index is 14.0. The Morgan fingerprint density at radius 3 is 2.29 bits per heavy atom. The average molecular weight is 778 g/mol. The Morgan fingerprint density at radius 2 is 1.73 bits per heavy atom. The van der Waals surface area contributed by atoms with Gasteiger partial charge < -0.3 is 19.9 Å². The largest absolute Gasteiger partial charge is 0.493 e. The number of carboxylic acid groups (broad SMARTS) is 1. The van der Waals surface area contributed by atoms with Crippen LogP contribution in [0.25, 0.3) is 6.08 Å². The third-order valence-corrected chi connectivity index (χ3v) is 8.56. The molecule has 10 nitrogen and oxygen atoms in total. The van der Waals surface area contributed by atoms with Gasteiger partial charge in [0, 0.05) is 5.70 Å². The molecular weight excluding hydrogens is 745 g/mol. The lowest BCUT2D eigenvalue weighted by Gasteiger charge is -2.28. The summed E-state index contributed by atoms with van der Waals surface area (Å²) >= 11 is 2.92. The number of amidine groups is 1. The minimum atomic E-state index is -1.15. The molecule has 0 bridgehead atoms. The monoisotopic (exact) mass is 777 g/mol. The molecule has 1 aliphatic rings. The lowest BCUT2D eigenvalue weighted by Crippen LogP contribution is -2.42. The molecule has 4 rings (SSSR count). The average Bonchev–Trinajstić information content (AvgIpc) is 3.09. The van der Waals surface area contributed by atoms with Gasteiger partial charge in [-0.1, -0.05) is 97.2 Å². The molecule has 0 aliphatic carbocycles. The highest BCUT2D eigenvalue weighted by molar-refractivity contribution is 14.1. The standard InChI is InChI=1S/C36H32IN3O7S/c1-4-6-17-26(5-2)40-35(45)27(18-23-19-28(37)33(29(20-23)46-3)47-21-31(42)43)34(44)39-36(40)48-22-30(41)38-32(24-13-9-7-10-14-24)25-15-11-8-12-16-25/h4-20,32H,1,21-22H2,2-3H3,(H,38,41)(H,42,43)/b17-6-,26-5+,27-18+. The van der Waals surface area contributed by atoms with Crippen LogP contribution < -0.4 is 14.8 Å². The predicted molar refractivity (Wildman–Crippen MR) is 195 cm³/mol. The minimum absolute atomic E-state index is 0.0414. The Labute approximate surface area is 296 Å². The molecule has 3 aromatic rings. The Hall–Kier alpha value is -4.95. The Balaban J connectivity index is 1.64. The van der Waals surface area contributed by atoms with Crippen LogP contribution in [0.4, 0.5) is 0 Å². The van der Waals surface area contributed by atoms with Crippen molar-refractivity contribution < 1.29 is 33.8 Å². The van der Waals surface area contributed by atoms with Crippen LogP contribution in [0.3, 0.4) is 0 Å². The third-order valence-electron chi connectivity index (χ3n) is 6.82. The number of carbonyl (C=O) groups is 4. The van der Waals surface area contributed by atoms with Crippen molar-refractivity contribution in [2.75, 3.05) is 19.5 Å². The van der Waals surface area contributed by atoms with Crippen molar-refractivity contribution in [2.45, 2.75) is 13.0 Å².